The molecule has 6 heteroatoms. The zero-order valence-corrected chi connectivity index (χ0v) is 12.6. The molecule has 2 amide bonds. The van der Waals surface area contributed by atoms with Crippen LogP contribution in [0.3, 0.4) is 0 Å². The van der Waals surface area contributed by atoms with E-state index in [4.69, 9.17) is 14.3 Å². The van der Waals surface area contributed by atoms with E-state index in [1.54, 1.807) is 18.2 Å². The molecule has 0 saturated carbocycles. The number of carbonyl (C=O) groups excluding carboxylic acids is 1. The fraction of sp³-hybridized carbons (Fsp3) is 0.235. The van der Waals surface area contributed by atoms with Gasteiger partial charge in [-0.05, 0) is 17.7 Å². The molecule has 120 valence electrons. The lowest BCUT2D eigenvalue weighted by molar-refractivity contribution is 0.0536. The molecule has 1 aliphatic rings. The van der Waals surface area contributed by atoms with Crippen molar-refractivity contribution < 1.29 is 19.1 Å². The lowest BCUT2D eigenvalue weighted by Gasteiger charge is -2.11. The Morgan fingerprint density at radius 1 is 1.04 bits per heavy atom. The summed E-state index contributed by atoms with van der Waals surface area (Å²) in [5.41, 5.74) is 3.93. The molecule has 3 rings (SSSR count). The second-order valence-electron chi connectivity index (χ2n) is 5.04. The number of fused-ring (bicyclic) bond motifs is 1. The maximum atomic E-state index is 11.8. The largest absolute Gasteiger partial charge is 0.490 e. The van der Waals surface area contributed by atoms with E-state index in [-0.39, 0.29) is 0 Å². The van der Waals surface area contributed by atoms with Crippen molar-refractivity contribution in [3.8, 4) is 11.5 Å². The molecule has 2 aromatic rings. The van der Waals surface area contributed by atoms with E-state index < -0.39 is 6.03 Å². The number of benzene rings is 2. The van der Waals surface area contributed by atoms with Gasteiger partial charge in [-0.3, -0.25) is 4.84 Å². The molecule has 0 aliphatic carbocycles. The van der Waals surface area contributed by atoms with E-state index in [9.17, 15) is 4.79 Å². The molecule has 0 aromatic heterocycles. The van der Waals surface area contributed by atoms with Crippen LogP contribution in [0.1, 0.15) is 12.0 Å². The van der Waals surface area contributed by atoms with Crippen molar-refractivity contribution >= 4 is 11.7 Å². The van der Waals surface area contributed by atoms with Gasteiger partial charge in [0.2, 0.25) is 0 Å². The van der Waals surface area contributed by atoms with Crippen LogP contribution in [0.4, 0.5) is 10.5 Å². The Labute approximate surface area is 134 Å². The second-order valence-corrected chi connectivity index (χ2v) is 5.04. The van der Waals surface area contributed by atoms with Gasteiger partial charge in [-0.15, -0.1) is 0 Å². The number of carbonyl (C=O) groups is 1. The highest BCUT2D eigenvalue weighted by Gasteiger charge is 2.11. The Hall–Kier alpha value is -2.73. The highest BCUT2D eigenvalue weighted by atomic mass is 16.7. The zero-order chi connectivity index (χ0) is 15.9. The average molecular weight is 314 g/mol. The normalized spacial score (nSPS) is 13.0. The van der Waals surface area contributed by atoms with Crippen LogP contribution < -0.4 is 20.3 Å². The number of urea groups is 1. The smallest absolute Gasteiger partial charge is 0.343 e. The summed E-state index contributed by atoms with van der Waals surface area (Å²) >= 11 is 0. The average Bonchev–Trinajstić information content (AvgIpc) is 2.81. The van der Waals surface area contributed by atoms with Crippen molar-refractivity contribution in [1.82, 2.24) is 5.48 Å². The molecule has 0 spiro atoms. The van der Waals surface area contributed by atoms with Gasteiger partial charge >= 0.3 is 6.03 Å². The highest BCUT2D eigenvalue weighted by molar-refractivity contribution is 5.88. The molecule has 0 fully saturated rings. The van der Waals surface area contributed by atoms with Crippen LogP contribution in [-0.2, 0) is 11.4 Å². The van der Waals surface area contributed by atoms with E-state index in [0.717, 1.165) is 12.0 Å². The van der Waals surface area contributed by atoms with Crippen LogP contribution in [0.25, 0.3) is 0 Å². The van der Waals surface area contributed by atoms with Crippen molar-refractivity contribution in [2.45, 2.75) is 13.0 Å². The number of rotatable bonds is 4. The van der Waals surface area contributed by atoms with Crippen LogP contribution in [0, 0.1) is 0 Å². The minimum Gasteiger partial charge on any atom is -0.490 e. The summed E-state index contributed by atoms with van der Waals surface area (Å²) in [6.45, 7) is 1.53. The van der Waals surface area contributed by atoms with Crippen molar-refractivity contribution in [2.24, 2.45) is 0 Å². The fourth-order valence-electron chi connectivity index (χ4n) is 2.16. The van der Waals surface area contributed by atoms with Gasteiger partial charge in [0, 0.05) is 18.2 Å². The van der Waals surface area contributed by atoms with Crippen molar-refractivity contribution in [3.05, 3.63) is 54.1 Å². The summed E-state index contributed by atoms with van der Waals surface area (Å²) in [7, 11) is 0. The number of hydroxylamine groups is 1. The van der Waals surface area contributed by atoms with E-state index in [1.807, 2.05) is 30.3 Å². The van der Waals surface area contributed by atoms with Gasteiger partial charge in [-0.25, -0.2) is 10.3 Å². The molecular formula is C17H18N2O4. The monoisotopic (exact) mass is 314 g/mol. The quantitative estimate of drug-likeness (QED) is 0.851. The number of ether oxygens (including phenoxy) is 2. The predicted molar refractivity (Wildman–Crippen MR) is 85.4 cm³/mol. The summed E-state index contributed by atoms with van der Waals surface area (Å²) in [5.74, 6) is 1.32. The zero-order valence-electron chi connectivity index (χ0n) is 12.6. The number of anilines is 1. The number of amides is 2. The van der Waals surface area contributed by atoms with Crippen LogP contribution in [0.15, 0.2) is 48.5 Å². The highest BCUT2D eigenvalue weighted by Crippen LogP contribution is 2.32. The number of nitrogens with one attached hydrogen (secondary N) is 2. The lowest BCUT2D eigenvalue weighted by atomic mass is 10.2. The first-order valence-electron chi connectivity index (χ1n) is 7.43. The molecule has 2 aromatic carbocycles. The van der Waals surface area contributed by atoms with E-state index >= 15 is 0 Å². The van der Waals surface area contributed by atoms with Gasteiger partial charge in [-0.2, -0.15) is 0 Å². The SMILES string of the molecule is O=C(NOCc1ccccc1)Nc1ccc2c(c1)OCCCO2. The first kappa shape index (κ1) is 15.2. The van der Waals surface area contributed by atoms with Gasteiger partial charge in [0.25, 0.3) is 0 Å². The Bertz CT molecular complexity index is 661. The van der Waals surface area contributed by atoms with Crippen LogP contribution in [0.2, 0.25) is 0 Å². The first-order valence-corrected chi connectivity index (χ1v) is 7.43. The van der Waals surface area contributed by atoms with Gasteiger partial charge in [0.1, 0.15) is 0 Å². The summed E-state index contributed by atoms with van der Waals surface area (Å²) in [6.07, 6.45) is 0.839. The summed E-state index contributed by atoms with van der Waals surface area (Å²) < 4.78 is 11.1. The van der Waals surface area contributed by atoms with Crippen LogP contribution >= 0.6 is 0 Å². The lowest BCUT2D eigenvalue weighted by Crippen LogP contribution is -2.28. The van der Waals surface area contributed by atoms with Crippen molar-refractivity contribution in [1.29, 1.82) is 0 Å². The molecular weight excluding hydrogens is 296 g/mol. The number of hydrogen-bond donors (Lipinski definition) is 2. The minimum atomic E-state index is -0.449. The molecule has 0 radical (unpaired) electrons. The van der Waals surface area contributed by atoms with Gasteiger partial charge in [0.05, 0.1) is 19.8 Å². The maximum absolute atomic E-state index is 11.8. The Morgan fingerprint density at radius 2 is 1.83 bits per heavy atom. The first-order chi connectivity index (χ1) is 11.3. The Morgan fingerprint density at radius 3 is 2.65 bits per heavy atom. The summed E-state index contributed by atoms with van der Waals surface area (Å²) in [5, 5.41) is 2.69. The summed E-state index contributed by atoms with van der Waals surface area (Å²) in [6, 6.07) is 14.4. The fourth-order valence-corrected chi connectivity index (χ4v) is 2.16. The Balaban J connectivity index is 1.50. The van der Waals surface area contributed by atoms with Crippen LogP contribution in [0.5, 0.6) is 11.5 Å². The maximum Gasteiger partial charge on any atom is 0.343 e. The van der Waals surface area contributed by atoms with Crippen molar-refractivity contribution in [3.63, 3.8) is 0 Å². The topological polar surface area (TPSA) is 68.8 Å². The minimum absolute atomic E-state index is 0.301. The van der Waals surface area contributed by atoms with E-state index in [1.165, 1.54) is 0 Å². The van der Waals surface area contributed by atoms with E-state index in [2.05, 4.69) is 10.8 Å². The van der Waals surface area contributed by atoms with Crippen LogP contribution in [-0.4, -0.2) is 19.2 Å². The van der Waals surface area contributed by atoms with E-state index in [0.29, 0.717) is 37.0 Å². The molecule has 6 nitrogen and oxygen atoms in total. The Kier molecular flexibility index (Phi) is 4.95. The molecule has 0 saturated heterocycles. The molecule has 23 heavy (non-hydrogen) atoms. The standard InChI is InChI=1S/C17H18N2O4/c20-17(19-23-12-13-5-2-1-3-6-13)18-14-7-8-15-16(11-14)22-10-4-9-21-15/h1-3,5-8,11H,4,9-10,12H2,(H2,18,19,20). The number of hydrogen-bond acceptors (Lipinski definition) is 4. The van der Waals surface area contributed by atoms with Gasteiger partial charge in [-0.1, -0.05) is 30.3 Å². The molecule has 0 unspecified atom stereocenters. The van der Waals surface area contributed by atoms with Gasteiger partial charge in [0.15, 0.2) is 11.5 Å². The molecule has 0 bridgehead atoms. The molecule has 2 N–H and O–H groups in total. The van der Waals surface area contributed by atoms with Crippen molar-refractivity contribution in [2.75, 3.05) is 18.5 Å². The van der Waals surface area contributed by atoms with Gasteiger partial charge < -0.3 is 14.8 Å². The third-order valence-corrected chi connectivity index (χ3v) is 3.25. The summed E-state index contributed by atoms with van der Waals surface area (Å²) in [4.78, 5) is 17.0. The molecule has 1 aliphatic heterocycles. The third-order valence-electron chi connectivity index (χ3n) is 3.25. The molecule has 1 heterocycles. The predicted octanol–water partition coefficient (Wildman–Crippen LogP) is 3.10. The third kappa shape index (κ3) is 4.37. The molecule has 0 atom stereocenters. The second kappa shape index (κ2) is 7.51.